The van der Waals surface area contributed by atoms with Gasteiger partial charge in [-0.1, -0.05) is 32.4 Å². The fraction of sp³-hybridized carbons (Fsp3) is 0.533. The molecule has 0 unspecified atom stereocenters. The number of nitrogens with one attached hydrogen (secondary N) is 2. The summed E-state index contributed by atoms with van der Waals surface area (Å²) in [5, 5.41) is 5.29. The summed E-state index contributed by atoms with van der Waals surface area (Å²) < 4.78 is 0. The van der Waals surface area contributed by atoms with Gasteiger partial charge in [-0.2, -0.15) is 0 Å². The fourth-order valence-electron chi connectivity index (χ4n) is 2.04. The van der Waals surface area contributed by atoms with Crippen molar-refractivity contribution in [2.75, 3.05) is 6.54 Å². The molecule has 3 nitrogen and oxygen atoms in total. The van der Waals surface area contributed by atoms with Crippen molar-refractivity contribution in [3.63, 3.8) is 0 Å². The summed E-state index contributed by atoms with van der Waals surface area (Å²) in [7, 11) is 0. The van der Waals surface area contributed by atoms with E-state index in [1.807, 2.05) is 0 Å². The number of carbonyl (C=O) groups excluding carboxylic acids is 1. The number of unbranched alkanes of at least 4 members (excludes halogenated alkanes) is 1. The number of hydrogen-bond acceptors (Lipinski definition) is 1. The quantitative estimate of drug-likeness (QED) is 0.531. The largest absolute Gasteiger partial charge is 0.361 e. The summed E-state index contributed by atoms with van der Waals surface area (Å²) >= 11 is 0. The predicted molar refractivity (Wildman–Crippen MR) is 76.6 cm³/mol. The molecule has 1 aromatic rings. The van der Waals surface area contributed by atoms with Gasteiger partial charge in [-0.3, -0.25) is 4.79 Å². The average Bonchev–Trinajstić information content (AvgIpc) is 2.75. The maximum atomic E-state index is 10.2. The normalized spacial score (nSPS) is 13.0. The molecule has 1 heterocycles. The van der Waals surface area contributed by atoms with Gasteiger partial charge < -0.3 is 10.3 Å². The van der Waals surface area contributed by atoms with E-state index in [0.717, 1.165) is 38.6 Å². The van der Waals surface area contributed by atoms with E-state index in [1.54, 1.807) is 0 Å². The van der Waals surface area contributed by atoms with Crippen LogP contribution in [0.25, 0.3) is 12.2 Å². The van der Waals surface area contributed by atoms with Gasteiger partial charge in [-0.25, -0.2) is 0 Å². The van der Waals surface area contributed by atoms with Crippen LogP contribution in [0.15, 0.2) is 6.20 Å². The third kappa shape index (κ3) is 4.40. The van der Waals surface area contributed by atoms with Crippen molar-refractivity contribution in [2.45, 2.75) is 46.0 Å². The summed E-state index contributed by atoms with van der Waals surface area (Å²) in [4.78, 5) is 13.5. The van der Waals surface area contributed by atoms with Crippen molar-refractivity contribution >= 4 is 18.6 Å². The van der Waals surface area contributed by atoms with Crippen LogP contribution in [-0.2, 0) is 11.2 Å². The smallest absolute Gasteiger partial charge is 0.207 e. The molecule has 3 heteroatoms. The van der Waals surface area contributed by atoms with Gasteiger partial charge >= 0.3 is 0 Å². The Labute approximate surface area is 109 Å². The maximum Gasteiger partial charge on any atom is 0.207 e. The topological polar surface area (TPSA) is 44.9 Å². The minimum absolute atomic E-state index is 0.744. The molecule has 0 aliphatic rings. The molecule has 0 saturated carbocycles. The molecule has 18 heavy (non-hydrogen) atoms. The molecule has 0 bridgehead atoms. The highest BCUT2D eigenvalue weighted by atomic mass is 16.1. The monoisotopic (exact) mass is 248 g/mol. The Kier molecular flexibility index (Phi) is 6.92. The zero-order chi connectivity index (χ0) is 13.2. The van der Waals surface area contributed by atoms with Crippen LogP contribution in [0.2, 0.25) is 0 Å². The van der Waals surface area contributed by atoms with E-state index in [-0.39, 0.29) is 0 Å². The predicted octanol–water partition coefficient (Wildman–Crippen LogP) is 1.46. The van der Waals surface area contributed by atoms with Gasteiger partial charge in [0.25, 0.3) is 0 Å². The molecule has 0 aromatic carbocycles. The number of rotatable bonds is 8. The third-order valence-electron chi connectivity index (χ3n) is 2.93. The lowest BCUT2D eigenvalue weighted by Crippen LogP contribution is -2.25. The summed E-state index contributed by atoms with van der Waals surface area (Å²) in [6.07, 6.45) is 12.7. The van der Waals surface area contributed by atoms with Crippen molar-refractivity contribution in [3.8, 4) is 0 Å². The van der Waals surface area contributed by atoms with Crippen LogP contribution in [0.3, 0.4) is 0 Å². The number of amides is 1. The molecule has 0 saturated heterocycles. The molecule has 0 radical (unpaired) electrons. The number of H-pyrrole nitrogens is 1. The lowest BCUT2D eigenvalue weighted by Gasteiger charge is -1.98. The molecule has 0 aliphatic heterocycles. The van der Waals surface area contributed by atoms with Crippen molar-refractivity contribution in [1.82, 2.24) is 10.3 Å². The maximum absolute atomic E-state index is 10.2. The molecule has 0 spiro atoms. The summed E-state index contributed by atoms with van der Waals surface area (Å²) in [5.74, 6) is 0. The first-order chi connectivity index (χ1) is 8.83. The molecule has 0 atom stereocenters. The van der Waals surface area contributed by atoms with E-state index in [1.165, 1.54) is 22.6 Å². The first-order valence-electron chi connectivity index (χ1n) is 6.87. The molecule has 1 rings (SSSR count). The molecule has 0 aliphatic carbocycles. The first-order valence-corrected chi connectivity index (χ1v) is 6.87. The van der Waals surface area contributed by atoms with Crippen molar-refractivity contribution in [3.05, 3.63) is 22.3 Å². The van der Waals surface area contributed by atoms with E-state index in [4.69, 9.17) is 0 Å². The Hall–Kier alpha value is -1.51. The van der Waals surface area contributed by atoms with Crippen LogP contribution in [0, 0.1) is 0 Å². The Morgan fingerprint density at radius 3 is 2.83 bits per heavy atom. The van der Waals surface area contributed by atoms with Crippen LogP contribution in [-0.4, -0.2) is 17.9 Å². The van der Waals surface area contributed by atoms with Crippen molar-refractivity contribution in [2.24, 2.45) is 0 Å². The highest BCUT2D eigenvalue weighted by Crippen LogP contribution is 1.94. The molecule has 0 fully saturated rings. The number of hydrogen-bond donors (Lipinski definition) is 2. The van der Waals surface area contributed by atoms with E-state index < -0.39 is 0 Å². The van der Waals surface area contributed by atoms with Gasteiger partial charge in [-0.05, 0) is 36.5 Å². The summed E-state index contributed by atoms with van der Waals surface area (Å²) in [6.45, 7) is 5.09. The minimum atomic E-state index is 0.744. The molecule has 1 amide bonds. The zero-order valence-electron chi connectivity index (χ0n) is 11.5. The van der Waals surface area contributed by atoms with E-state index in [0.29, 0.717) is 0 Å². The van der Waals surface area contributed by atoms with E-state index in [2.05, 4.69) is 42.5 Å². The van der Waals surface area contributed by atoms with Gasteiger partial charge in [-0.15, -0.1) is 0 Å². The van der Waals surface area contributed by atoms with Crippen LogP contribution < -0.4 is 15.9 Å². The number of aromatic nitrogens is 1. The second kappa shape index (κ2) is 8.56. The Morgan fingerprint density at radius 2 is 2.17 bits per heavy atom. The molecular weight excluding hydrogens is 224 g/mol. The van der Waals surface area contributed by atoms with Gasteiger partial charge in [0.2, 0.25) is 6.41 Å². The molecular formula is C15H24N2O. The summed E-state index contributed by atoms with van der Waals surface area (Å²) in [5.41, 5.74) is 1.35. The zero-order valence-corrected chi connectivity index (χ0v) is 11.5. The second-order valence-corrected chi connectivity index (χ2v) is 4.42. The van der Waals surface area contributed by atoms with Crippen LogP contribution >= 0.6 is 0 Å². The average molecular weight is 248 g/mol. The third-order valence-corrected chi connectivity index (χ3v) is 2.93. The van der Waals surface area contributed by atoms with E-state index in [9.17, 15) is 4.79 Å². The number of aryl methyl sites for hydroxylation is 1. The molecule has 100 valence electrons. The number of aromatic amines is 1. The SMILES string of the molecule is CC/C=c1/c(CCCNC=O)c[nH]/c1=C/CCC. The van der Waals surface area contributed by atoms with Crippen LogP contribution in [0.5, 0.6) is 0 Å². The highest BCUT2D eigenvalue weighted by Gasteiger charge is 1.99. The number of carbonyl (C=O) groups is 1. The second-order valence-electron chi connectivity index (χ2n) is 4.42. The lowest BCUT2D eigenvalue weighted by molar-refractivity contribution is -0.109. The van der Waals surface area contributed by atoms with Crippen LogP contribution in [0.1, 0.15) is 45.1 Å². The van der Waals surface area contributed by atoms with Gasteiger partial charge in [0.15, 0.2) is 0 Å². The molecule has 1 aromatic heterocycles. The van der Waals surface area contributed by atoms with Crippen molar-refractivity contribution in [1.29, 1.82) is 0 Å². The summed E-state index contributed by atoms with van der Waals surface area (Å²) in [6, 6.07) is 0. The minimum Gasteiger partial charge on any atom is -0.361 e. The fourth-order valence-corrected chi connectivity index (χ4v) is 2.04. The standard InChI is InChI=1S/C15H24N2O/c1-3-5-9-15-14(7-4-2)13(11-17-15)8-6-10-16-12-18/h7,9,11-12,17H,3-6,8,10H2,1-2H3,(H,16,18)/b14-7-,15-9+. The van der Waals surface area contributed by atoms with Gasteiger partial charge in [0.05, 0.1) is 0 Å². The van der Waals surface area contributed by atoms with Gasteiger partial charge in [0, 0.05) is 18.1 Å². The molecule has 2 N–H and O–H groups in total. The highest BCUT2D eigenvalue weighted by molar-refractivity contribution is 5.45. The van der Waals surface area contributed by atoms with Crippen molar-refractivity contribution < 1.29 is 4.79 Å². The first kappa shape index (κ1) is 14.6. The van der Waals surface area contributed by atoms with Crippen LogP contribution in [0.4, 0.5) is 0 Å². The van der Waals surface area contributed by atoms with E-state index >= 15 is 0 Å². The Bertz CT molecular complexity index is 459. The Morgan fingerprint density at radius 1 is 1.33 bits per heavy atom. The van der Waals surface area contributed by atoms with Gasteiger partial charge in [0.1, 0.15) is 0 Å². The Balaban J connectivity index is 2.82. The lowest BCUT2D eigenvalue weighted by atomic mass is 10.1.